The Bertz CT molecular complexity index is 964. The first-order valence-electron chi connectivity index (χ1n) is 9.55. The summed E-state index contributed by atoms with van der Waals surface area (Å²) in [6.45, 7) is 3.25. The Morgan fingerprint density at radius 2 is 1.76 bits per heavy atom. The van der Waals surface area contributed by atoms with Crippen LogP contribution >= 0.6 is 11.8 Å². The fourth-order valence-corrected chi connectivity index (χ4v) is 5.59. The topological polar surface area (TPSA) is 53.1 Å². The van der Waals surface area contributed by atoms with Gasteiger partial charge in [0.05, 0.1) is 31.3 Å². The molecule has 0 unspecified atom stereocenters. The summed E-state index contributed by atoms with van der Waals surface area (Å²) in [7, 11) is 0. The maximum absolute atomic E-state index is 13.8. The number of halogens is 1. The summed E-state index contributed by atoms with van der Waals surface area (Å²) in [6, 6.07) is 13.4. The number of fused-ring (bicyclic) bond motifs is 2. The van der Waals surface area contributed by atoms with Crippen LogP contribution in [0.3, 0.4) is 0 Å². The molecule has 0 bridgehead atoms. The van der Waals surface area contributed by atoms with Crippen molar-refractivity contribution in [3.8, 4) is 0 Å². The van der Waals surface area contributed by atoms with Gasteiger partial charge in [-0.25, -0.2) is 4.39 Å². The summed E-state index contributed by atoms with van der Waals surface area (Å²) in [4.78, 5) is 31.1. The maximum atomic E-state index is 13.8. The van der Waals surface area contributed by atoms with E-state index < -0.39 is 4.87 Å². The van der Waals surface area contributed by atoms with Crippen LogP contribution in [0, 0.1) is 5.82 Å². The number of hydrogen-bond donors (Lipinski definition) is 0. The molecule has 2 aromatic rings. The zero-order valence-corrected chi connectivity index (χ0v) is 16.5. The summed E-state index contributed by atoms with van der Waals surface area (Å²) in [5.41, 5.74) is 2.15. The number of ether oxygens (including phenoxy) is 1. The molecule has 6 nitrogen and oxygen atoms in total. The van der Waals surface area contributed by atoms with Crippen LogP contribution in [-0.2, 0) is 19.2 Å². The molecule has 5 rings (SSSR count). The fraction of sp³-hybridized carbons (Fsp3) is 0.333. The van der Waals surface area contributed by atoms with Gasteiger partial charge < -0.3 is 4.74 Å². The molecule has 8 heteroatoms. The zero-order chi connectivity index (χ0) is 20.0. The van der Waals surface area contributed by atoms with E-state index in [1.165, 1.54) is 28.8 Å². The molecule has 3 aliphatic rings. The molecule has 3 aliphatic heterocycles. The lowest BCUT2D eigenvalue weighted by molar-refractivity contribution is -0.124. The Kier molecular flexibility index (Phi) is 4.57. The third kappa shape index (κ3) is 2.86. The van der Waals surface area contributed by atoms with E-state index in [9.17, 15) is 14.0 Å². The van der Waals surface area contributed by atoms with Gasteiger partial charge in [0.1, 0.15) is 5.82 Å². The van der Waals surface area contributed by atoms with Crippen LogP contribution in [0.5, 0.6) is 0 Å². The third-order valence-corrected chi connectivity index (χ3v) is 6.98. The van der Waals surface area contributed by atoms with Crippen molar-refractivity contribution in [1.29, 1.82) is 0 Å². The lowest BCUT2D eigenvalue weighted by Gasteiger charge is -2.35. The zero-order valence-electron chi connectivity index (χ0n) is 15.7. The first-order chi connectivity index (χ1) is 14.1. The molecule has 150 valence electrons. The Morgan fingerprint density at radius 3 is 2.52 bits per heavy atom. The molecule has 2 saturated heterocycles. The van der Waals surface area contributed by atoms with E-state index in [4.69, 9.17) is 4.74 Å². The van der Waals surface area contributed by atoms with Crippen LogP contribution in [0.2, 0.25) is 0 Å². The van der Waals surface area contributed by atoms with Crippen molar-refractivity contribution < 1.29 is 18.7 Å². The second-order valence-corrected chi connectivity index (χ2v) is 8.43. The van der Waals surface area contributed by atoms with Crippen LogP contribution in [0.1, 0.15) is 5.56 Å². The molecule has 2 fully saturated rings. The number of thioether (sulfide) groups is 1. The number of hydrogen-bond acceptors (Lipinski definition) is 5. The molecule has 29 heavy (non-hydrogen) atoms. The quantitative estimate of drug-likeness (QED) is 0.774. The van der Waals surface area contributed by atoms with E-state index in [0.29, 0.717) is 25.6 Å². The number of anilines is 2. The maximum Gasteiger partial charge on any atom is 0.269 e. The van der Waals surface area contributed by atoms with Crippen molar-refractivity contribution in [3.05, 3.63) is 59.9 Å². The molecule has 2 amide bonds. The first-order valence-corrected chi connectivity index (χ1v) is 10.5. The van der Waals surface area contributed by atoms with Gasteiger partial charge in [0.15, 0.2) is 0 Å². The molecule has 0 saturated carbocycles. The Balaban J connectivity index is 1.59. The lowest BCUT2D eigenvalue weighted by atomic mass is 10.0. The van der Waals surface area contributed by atoms with Gasteiger partial charge in [-0.15, -0.1) is 11.8 Å². The van der Waals surface area contributed by atoms with Crippen molar-refractivity contribution in [1.82, 2.24) is 4.90 Å². The second kappa shape index (κ2) is 7.12. The Hall–Kier alpha value is -2.42. The predicted octanol–water partition coefficient (Wildman–Crippen LogP) is 2.39. The average Bonchev–Trinajstić information content (AvgIpc) is 3.21. The van der Waals surface area contributed by atoms with Gasteiger partial charge in [-0.05, 0) is 30.3 Å². The minimum absolute atomic E-state index is 0.134. The Labute approximate surface area is 172 Å². The fourth-order valence-electron chi connectivity index (χ4n) is 4.23. The molecule has 0 aromatic heterocycles. The summed E-state index contributed by atoms with van der Waals surface area (Å²) >= 11 is 1.33. The lowest BCUT2D eigenvalue weighted by Crippen LogP contribution is -2.52. The molecular weight excluding hydrogens is 393 g/mol. The SMILES string of the molecule is O=C1CS[C@@]2(C(=O)N(CN3CCOCC3)c3ccccc32)N1c1ccc(F)cc1. The van der Waals surface area contributed by atoms with Crippen molar-refractivity contribution in [2.45, 2.75) is 4.87 Å². The third-order valence-electron chi connectivity index (χ3n) is 5.59. The average molecular weight is 413 g/mol. The molecule has 0 N–H and O–H groups in total. The van der Waals surface area contributed by atoms with E-state index in [0.717, 1.165) is 24.3 Å². The number of nitrogens with zero attached hydrogens (tertiary/aromatic N) is 3. The van der Waals surface area contributed by atoms with E-state index >= 15 is 0 Å². The van der Waals surface area contributed by atoms with Gasteiger partial charge in [0.25, 0.3) is 5.91 Å². The summed E-state index contributed by atoms with van der Waals surface area (Å²) < 4.78 is 18.9. The molecule has 0 aliphatic carbocycles. The van der Waals surface area contributed by atoms with Gasteiger partial charge >= 0.3 is 0 Å². The summed E-state index contributed by atoms with van der Waals surface area (Å²) in [6.07, 6.45) is 0. The molecule has 3 heterocycles. The van der Waals surface area contributed by atoms with Gasteiger partial charge in [0.2, 0.25) is 10.8 Å². The molecule has 1 spiro atoms. The van der Waals surface area contributed by atoms with Crippen LogP contribution in [0.25, 0.3) is 0 Å². The predicted molar refractivity (Wildman–Crippen MR) is 109 cm³/mol. The number of benzene rings is 2. The highest BCUT2D eigenvalue weighted by Crippen LogP contribution is 2.55. The number of amides is 2. The largest absolute Gasteiger partial charge is 0.379 e. The first kappa shape index (κ1) is 18.6. The molecule has 1 atom stereocenters. The minimum atomic E-state index is -1.15. The summed E-state index contributed by atoms with van der Waals surface area (Å²) in [5.74, 6) is -0.472. The minimum Gasteiger partial charge on any atom is -0.379 e. The highest BCUT2D eigenvalue weighted by atomic mass is 32.2. The van der Waals surface area contributed by atoms with Crippen molar-refractivity contribution >= 4 is 35.0 Å². The van der Waals surface area contributed by atoms with Crippen molar-refractivity contribution in [3.63, 3.8) is 0 Å². The number of rotatable bonds is 3. The number of para-hydroxylation sites is 1. The van der Waals surface area contributed by atoms with E-state index in [1.807, 2.05) is 24.3 Å². The molecule has 0 radical (unpaired) electrons. The van der Waals surface area contributed by atoms with E-state index in [-0.39, 0.29) is 23.4 Å². The van der Waals surface area contributed by atoms with Crippen molar-refractivity contribution in [2.75, 3.05) is 48.5 Å². The van der Waals surface area contributed by atoms with Gasteiger partial charge in [-0.3, -0.25) is 24.3 Å². The number of morpholine rings is 1. The second-order valence-electron chi connectivity index (χ2n) is 7.26. The molecular formula is C21H20FN3O3S. The normalized spacial score (nSPS) is 24.6. The smallest absolute Gasteiger partial charge is 0.269 e. The van der Waals surface area contributed by atoms with Crippen LogP contribution in [-0.4, -0.2) is 55.4 Å². The molecule has 2 aromatic carbocycles. The van der Waals surface area contributed by atoms with Gasteiger partial charge in [-0.1, -0.05) is 18.2 Å². The Morgan fingerprint density at radius 1 is 1.03 bits per heavy atom. The van der Waals surface area contributed by atoms with E-state index in [1.54, 1.807) is 17.0 Å². The van der Waals surface area contributed by atoms with Crippen LogP contribution in [0.4, 0.5) is 15.8 Å². The van der Waals surface area contributed by atoms with Crippen molar-refractivity contribution in [2.24, 2.45) is 0 Å². The summed E-state index contributed by atoms with van der Waals surface area (Å²) in [5, 5.41) is 0. The highest BCUT2D eigenvalue weighted by molar-refractivity contribution is 8.02. The number of carbonyl (C=O) groups excluding carboxylic acids is 2. The van der Waals surface area contributed by atoms with Gasteiger partial charge in [-0.2, -0.15) is 0 Å². The number of carbonyl (C=O) groups is 2. The van der Waals surface area contributed by atoms with Crippen LogP contribution in [0.15, 0.2) is 48.5 Å². The van der Waals surface area contributed by atoms with Gasteiger partial charge in [0, 0.05) is 24.3 Å². The highest BCUT2D eigenvalue weighted by Gasteiger charge is 2.61. The van der Waals surface area contributed by atoms with Crippen LogP contribution < -0.4 is 9.80 Å². The standard InChI is InChI=1S/C21H20FN3O3S/c22-15-5-7-16(8-6-15)25-19(26)13-29-21(25)17-3-1-2-4-18(17)24(20(21)27)14-23-9-11-28-12-10-23/h1-8H,9-14H2/t21-/m0/s1. The monoisotopic (exact) mass is 413 g/mol. The van der Waals surface area contributed by atoms with E-state index in [2.05, 4.69) is 4.90 Å².